The largest absolute Gasteiger partial charge is 0.392 e. The van der Waals surface area contributed by atoms with Gasteiger partial charge in [-0.15, -0.1) is 0 Å². The number of hydrogen-bond acceptors (Lipinski definition) is 2. The molecule has 0 radical (unpaired) electrons. The van der Waals surface area contributed by atoms with E-state index in [1.165, 1.54) is 25.0 Å². The lowest BCUT2D eigenvalue weighted by molar-refractivity contribution is 0.102. The van der Waals surface area contributed by atoms with Crippen molar-refractivity contribution in [1.29, 1.82) is 0 Å². The van der Waals surface area contributed by atoms with E-state index >= 15 is 0 Å². The van der Waals surface area contributed by atoms with E-state index in [2.05, 4.69) is 34.9 Å². The van der Waals surface area contributed by atoms with Gasteiger partial charge in [0.15, 0.2) is 0 Å². The Bertz CT molecular complexity index is 461. The van der Waals surface area contributed by atoms with Crippen LogP contribution in [0.5, 0.6) is 0 Å². The van der Waals surface area contributed by atoms with Gasteiger partial charge in [-0.25, -0.2) is 0 Å². The van der Waals surface area contributed by atoms with E-state index in [1.807, 2.05) is 4.68 Å². The Morgan fingerprint density at radius 2 is 2.00 bits per heavy atom. The maximum absolute atomic E-state index is 10.5. The molecule has 4 heteroatoms. The lowest BCUT2D eigenvalue weighted by atomic mass is 9.93. The van der Waals surface area contributed by atoms with E-state index in [1.54, 1.807) is 0 Å². The Morgan fingerprint density at radius 3 is 2.58 bits per heavy atom. The van der Waals surface area contributed by atoms with E-state index < -0.39 is 0 Å². The number of aliphatic hydroxyl groups excluding tert-OH is 1. The van der Waals surface area contributed by atoms with Gasteiger partial charge in [-0.2, -0.15) is 5.10 Å². The van der Waals surface area contributed by atoms with Crippen molar-refractivity contribution in [2.75, 3.05) is 0 Å². The third-order valence-electron chi connectivity index (χ3n) is 4.92. The summed E-state index contributed by atoms with van der Waals surface area (Å²) in [7, 11) is 0. The number of nitrogens with zero attached hydrogens (tertiary/aromatic N) is 2. The van der Waals surface area contributed by atoms with Crippen LogP contribution in [-0.4, -0.2) is 21.0 Å². The van der Waals surface area contributed by atoms with Crippen LogP contribution in [0, 0.1) is 17.8 Å². The molecule has 106 valence electrons. The third kappa shape index (κ3) is 2.49. The smallest absolute Gasteiger partial charge is 0.0766 e. The summed E-state index contributed by atoms with van der Waals surface area (Å²) < 4.78 is 3.15. The molecule has 1 heterocycles. The van der Waals surface area contributed by atoms with E-state index in [4.69, 9.17) is 0 Å². The van der Waals surface area contributed by atoms with Crippen molar-refractivity contribution in [1.82, 2.24) is 9.78 Å². The van der Waals surface area contributed by atoms with Crippen molar-refractivity contribution in [2.45, 2.75) is 58.6 Å². The molecule has 0 aliphatic heterocycles. The molecule has 3 atom stereocenters. The summed E-state index contributed by atoms with van der Waals surface area (Å²) in [6.45, 7) is 5.11. The van der Waals surface area contributed by atoms with Gasteiger partial charge in [-0.1, -0.05) is 6.92 Å². The molecular weight excluding hydrogens is 304 g/mol. The molecule has 0 saturated heterocycles. The number of hydrogen-bond donors (Lipinski definition) is 1. The third-order valence-corrected chi connectivity index (χ3v) is 5.84. The number of halogens is 1. The molecule has 1 aromatic heterocycles. The summed E-state index contributed by atoms with van der Waals surface area (Å²) in [5, 5.41) is 15.1. The second kappa shape index (κ2) is 5.21. The molecule has 3 nitrogen and oxygen atoms in total. The molecule has 2 fully saturated rings. The van der Waals surface area contributed by atoms with Crippen LogP contribution in [-0.2, 0) is 19.4 Å². The quantitative estimate of drug-likeness (QED) is 0.902. The molecule has 2 saturated carbocycles. The molecule has 0 spiro atoms. The van der Waals surface area contributed by atoms with Crippen molar-refractivity contribution in [3.05, 3.63) is 15.9 Å². The Balaban J connectivity index is 1.72. The maximum atomic E-state index is 10.5. The summed E-state index contributed by atoms with van der Waals surface area (Å²) in [6, 6.07) is 0. The van der Waals surface area contributed by atoms with Crippen LogP contribution in [0.3, 0.4) is 0 Å². The number of fused-ring (bicyclic) bond motifs is 1. The molecule has 0 amide bonds. The van der Waals surface area contributed by atoms with Crippen LogP contribution >= 0.6 is 15.9 Å². The van der Waals surface area contributed by atoms with Gasteiger partial charge in [0, 0.05) is 13.0 Å². The molecule has 1 aromatic rings. The average Bonchev–Trinajstić information content (AvgIpc) is 2.90. The predicted molar refractivity (Wildman–Crippen MR) is 79.0 cm³/mol. The Hall–Kier alpha value is -0.350. The summed E-state index contributed by atoms with van der Waals surface area (Å²) in [6.07, 6.45) is 5.38. The fourth-order valence-electron chi connectivity index (χ4n) is 3.65. The minimum Gasteiger partial charge on any atom is -0.392 e. The highest BCUT2D eigenvalue weighted by atomic mass is 79.9. The van der Waals surface area contributed by atoms with Crippen molar-refractivity contribution in [2.24, 2.45) is 17.8 Å². The molecule has 3 unspecified atom stereocenters. The zero-order chi connectivity index (χ0) is 13.6. The Kier molecular flexibility index (Phi) is 3.73. The van der Waals surface area contributed by atoms with Crippen LogP contribution in [0.2, 0.25) is 0 Å². The van der Waals surface area contributed by atoms with Crippen LogP contribution in [0.1, 0.15) is 44.5 Å². The van der Waals surface area contributed by atoms with Gasteiger partial charge in [0.1, 0.15) is 0 Å². The van der Waals surface area contributed by atoms with Crippen molar-refractivity contribution in [3.63, 3.8) is 0 Å². The standard InChI is InChI=1S/C15H23BrN2O/c1-3-12-15(16)13(18(4-2)17-12)8-14(19)11-6-9-5-10(9)7-11/h9-11,14,19H,3-8H2,1-2H3. The van der Waals surface area contributed by atoms with Crippen molar-refractivity contribution >= 4 is 15.9 Å². The monoisotopic (exact) mass is 326 g/mol. The first kappa shape index (κ1) is 13.6. The van der Waals surface area contributed by atoms with Gasteiger partial charge in [0.25, 0.3) is 0 Å². The van der Waals surface area contributed by atoms with Gasteiger partial charge in [-0.3, -0.25) is 4.68 Å². The second-order valence-electron chi connectivity index (χ2n) is 6.14. The van der Waals surface area contributed by atoms with Crippen LogP contribution in [0.15, 0.2) is 4.47 Å². The van der Waals surface area contributed by atoms with Crippen LogP contribution < -0.4 is 0 Å². The highest BCUT2D eigenvalue weighted by Crippen LogP contribution is 2.55. The lowest BCUT2D eigenvalue weighted by Gasteiger charge is -2.20. The topological polar surface area (TPSA) is 38.0 Å². The molecule has 2 aliphatic rings. The lowest BCUT2D eigenvalue weighted by Crippen LogP contribution is -2.23. The van der Waals surface area contributed by atoms with Crippen molar-refractivity contribution in [3.8, 4) is 0 Å². The summed E-state index contributed by atoms with van der Waals surface area (Å²) in [5.41, 5.74) is 2.28. The number of rotatable bonds is 5. The summed E-state index contributed by atoms with van der Waals surface area (Å²) in [5.74, 6) is 2.39. The maximum Gasteiger partial charge on any atom is 0.0766 e. The number of aromatic nitrogens is 2. The minimum absolute atomic E-state index is 0.198. The molecule has 0 bridgehead atoms. The predicted octanol–water partition coefficient (Wildman–Crippen LogP) is 3.18. The van der Waals surface area contributed by atoms with Gasteiger partial charge in [0.2, 0.25) is 0 Å². The number of aliphatic hydroxyl groups is 1. The first-order valence-electron chi connectivity index (χ1n) is 7.56. The molecule has 1 N–H and O–H groups in total. The van der Waals surface area contributed by atoms with E-state index in [-0.39, 0.29) is 6.10 Å². The van der Waals surface area contributed by atoms with Crippen LogP contribution in [0.25, 0.3) is 0 Å². The SMILES string of the molecule is CCc1nn(CC)c(CC(O)C2CC3CC3C2)c1Br. The van der Waals surface area contributed by atoms with Gasteiger partial charge in [-0.05, 0) is 66.3 Å². The Labute approximate surface area is 123 Å². The normalized spacial score (nSPS) is 30.4. The van der Waals surface area contributed by atoms with E-state index in [9.17, 15) is 5.11 Å². The number of aryl methyl sites for hydroxylation is 2. The fourth-order valence-corrected chi connectivity index (χ4v) is 4.38. The second-order valence-corrected chi connectivity index (χ2v) is 6.93. The zero-order valence-corrected chi connectivity index (χ0v) is 13.4. The van der Waals surface area contributed by atoms with Gasteiger partial charge >= 0.3 is 0 Å². The fraction of sp³-hybridized carbons (Fsp3) is 0.800. The van der Waals surface area contributed by atoms with Gasteiger partial charge < -0.3 is 5.11 Å². The average molecular weight is 327 g/mol. The molecule has 3 rings (SSSR count). The van der Waals surface area contributed by atoms with E-state index in [0.29, 0.717) is 5.92 Å². The van der Waals surface area contributed by atoms with Gasteiger partial charge in [0.05, 0.1) is 22.0 Å². The minimum atomic E-state index is -0.198. The molecule has 2 aliphatic carbocycles. The van der Waals surface area contributed by atoms with E-state index in [0.717, 1.165) is 41.4 Å². The van der Waals surface area contributed by atoms with Crippen molar-refractivity contribution < 1.29 is 5.11 Å². The molecule has 0 aromatic carbocycles. The summed E-state index contributed by atoms with van der Waals surface area (Å²) >= 11 is 3.67. The molecule has 19 heavy (non-hydrogen) atoms. The molecular formula is C15H23BrN2O. The Morgan fingerprint density at radius 1 is 1.32 bits per heavy atom. The van der Waals surface area contributed by atoms with Crippen LogP contribution in [0.4, 0.5) is 0 Å². The highest BCUT2D eigenvalue weighted by molar-refractivity contribution is 9.10. The zero-order valence-electron chi connectivity index (χ0n) is 11.8. The summed E-state index contributed by atoms with van der Waals surface area (Å²) in [4.78, 5) is 0. The first-order chi connectivity index (χ1) is 9.13. The first-order valence-corrected chi connectivity index (χ1v) is 8.35. The highest BCUT2D eigenvalue weighted by Gasteiger charge is 2.47.